The maximum Gasteiger partial charge on any atom is 0.254 e. The van der Waals surface area contributed by atoms with E-state index >= 15 is 0 Å². The highest BCUT2D eigenvalue weighted by molar-refractivity contribution is 6.07. The van der Waals surface area contributed by atoms with Crippen LogP contribution in [0, 0.1) is 0 Å². The van der Waals surface area contributed by atoms with Gasteiger partial charge >= 0.3 is 0 Å². The molecule has 4 nitrogen and oxygen atoms in total. The van der Waals surface area contributed by atoms with Gasteiger partial charge in [-0.1, -0.05) is 56.2 Å². The van der Waals surface area contributed by atoms with Crippen LogP contribution in [0.2, 0.25) is 0 Å². The van der Waals surface area contributed by atoms with Crippen LogP contribution in [0.4, 0.5) is 0 Å². The van der Waals surface area contributed by atoms with E-state index in [-0.39, 0.29) is 5.91 Å². The number of hydrogen-bond donors (Lipinski definition) is 0. The van der Waals surface area contributed by atoms with Gasteiger partial charge in [0, 0.05) is 44.3 Å². The molecule has 132 valence electrons. The number of hydrogen-bond acceptors (Lipinski definition) is 3. The van der Waals surface area contributed by atoms with E-state index in [2.05, 4.69) is 40.0 Å². The lowest BCUT2D eigenvalue weighted by Crippen LogP contribution is -2.56. The minimum Gasteiger partial charge on any atom is -0.336 e. The minimum absolute atomic E-state index is 0.184. The van der Waals surface area contributed by atoms with Gasteiger partial charge in [0.25, 0.3) is 5.91 Å². The third-order valence-corrected chi connectivity index (χ3v) is 5.44. The molecule has 2 heterocycles. The number of piperazine rings is 1. The molecule has 1 amide bonds. The molecular weight excluding hydrogens is 310 g/mol. The molecule has 4 heteroatoms. The van der Waals surface area contributed by atoms with Crippen LogP contribution in [0.25, 0.3) is 10.8 Å². The first-order valence-electron chi connectivity index (χ1n) is 9.56. The Balaban J connectivity index is 1.55. The molecule has 2 aromatic rings. The highest BCUT2D eigenvalue weighted by Gasteiger charge is 2.36. The minimum atomic E-state index is 0.184. The number of nitrogens with zero attached hydrogens (tertiary/aromatic N) is 3. The Labute approximate surface area is 150 Å². The molecule has 0 spiro atoms. The van der Waals surface area contributed by atoms with Crippen LogP contribution in [0.3, 0.4) is 0 Å². The topological polar surface area (TPSA) is 26.6 Å². The Kier molecular flexibility index (Phi) is 4.73. The van der Waals surface area contributed by atoms with Crippen molar-refractivity contribution in [1.29, 1.82) is 0 Å². The quantitative estimate of drug-likeness (QED) is 0.783. The number of hydrazine groups is 1. The molecule has 0 aromatic heterocycles. The van der Waals surface area contributed by atoms with Gasteiger partial charge in [-0.05, 0) is 23.3 Å². The van der Waals surface area contributed by atoms with Crippen molar-refractivity contribution < 1.29 is 4.79 Å². The number of amides is 1. The van der Waals surface area contributed by atoms with Gasteiger partial charge in [0.15, 0.2) is 0 Å². The van der Waals surface area contributed by atoms with Crippen LogP contribution in [0.1, 0.15) is 36.5 Å². The Morgan fingerprint density at radius 1 is 1.04 bits per heavy atom. The second kappa shape index (κ2) is 7.14. The molecule has 2 saturated heterocycles. The second-order valence-corrected chi connectivity index (χ2v) is 7.19. The zero-order chi connectivity index (χ0) is 17.2. The van der Waals surface area contributed by atoms with Crippen molar-refractivity contribution in [2.45, 2.75) is 32.2 Å². The third-order valence-electron chi connectivity index (χ3n) is 5.44. The predicted molar refractivity (Wildman–Crippen MR) is 101 cm³/mol. The van der Waals surface area contributed by atoms with E-state index in [1.807, 2.05) is 24.3 Å². The van der Waals surface area contributed by atoms with Crippen LogP contribution < -0.4 is 0 Å². The molecule has 0 aliphatic carbocycles. The van der Waals surface area contributed by atoms with Crippen molar-refractivity contribution in [1.82, 2.24) is 14.9 Å². The van der Waals surface area contributed by atoms with E-state index in [1.54, 1.807) is 0 Å². The third kappa shape index (κ3) is 3.42. The molecule has 0 unspecified atom stereocenters. The molecule has 2 aromatic carbocycles. The molecule has 4 rings (SSSR count). The van der Waals surface area contributed by atoms with Crippen LogP contribution >= 0.6 is 0 Å². The standard InChI is InChI=1S/C21H27N3O/c1-2-3-9-18-16-22(12-15-24(18)23-13-14-23)21(25)20-11-6-8-17-7-4-5-10-19(17)20/h4-8,10-11,18H,2-3,9,12-16H2,1H3/t18-/m0/s1. The van der Waals surface area contributed by atoms with Gasteiger partial charge in [-0.15, -0.1) is 0 Å². The maximum atomic E-state index is 13.2. The van der Waals surface area contributed by atoms with E-state index in [9.17, 15) is 4.79 Å². The summed E-state index contributed by atoms with van der Waals surface area (Å²) in [6.45, 7) is 7.23. The summed E-state index contributed by atoms with van der Waals surface area (Å²) in [5.74, 6) is 0.184. The van der Waals surface area contributed by atoms with Gasteiger partial charge in [0.1, 0.15) is 0 Å². The number of carbonyl (C=O) groups excluding carboxylic acids is 1. The number of carbonyl (C=O) groups is 1. The van der Waals surface area contributed by atoms with Gasteiger partial charge in [-0.25, -0.2) is 10.0 Å². The zero-order valence-corrected chi connectivity index (χ0v) is 15.0. The Bertz CT molecular complexity index is 750. The Hall–Kier alpha value is -1.91. The molecule has 0 radical (unpaired) electrons. The monoisotopic (exact) mass is 337 g/mol. The van der Waals surface area contributed by atoms with E-state index in [1.165, 1.54) is 32.4 Å². The van der Waals surface area contributed by atoms with Gasteiger partial charge in [0.05, 0.1) is 0 Å². The first-order valence-corrected chi connectivity index (χ1v) is 9.56. The zero-order valence-electron chi connectivity index (χ0n) is 15.0. The SMILES string of the molecule is CCCC[C@H]1CN(C(=O)c2cccc3ccccc23)CCN1N1CC1. The summed E-state index contributed by atoms with van der Waals surface area (Å²) >= 11 is 0. The van der Waals surface area contributed by atoms with Crippen molar-refractivity contribution in [3.05, 3.63) is 48.0 Å². The molecule has 25 heavy (non-hydrogen) atoms. The molecule has 2 aliphatic rings. The average molecular weight is 337 g/mol. The smallest absolute Gasteiger partial charge is 0.254 e. The predicted octanol–water partition coefficient (Wildman–Crippen LogP) is 3.39. The van der Waals surface area contributed by atoms with Crippen LogP contribution in [0.5, 0.6) is 0 Å². The normalized spacial score (nSPS) is 21.6. The first kappa shape index (κ1) is 16.6. The molecule has 0 saturated carbocycles. The number of benzene rings is 2. The van der Waals surface area contributed by atoms with Gasteiger partial charge in [-0.3, -0.25) is 4.79 Å². The molecule has 0 N–H and O–H groups in total. The average Bonchev–Trinajstić information content (AvgIpc) is 3.50. The Morgan fingerprint density at radius 2 is 1.84 bits per heavy atom. The first-order chi connectivity index (χ1) is 12.3. The van der Waals surface area contributed by atoms with Crippen LogP contribution in [-0.2, 0) is 0 Å². The molecular formula is C21H27N3O. The fourth-order valence-corrected chi connectivity index (χ4v) is 3.97. The summed E-state index contributed by atoms with van der Waals surface area (Å²) < 4.78 is 0. The number of unbranched alkanes of at least 4 members (excludes halogenated alkanes) is 1. The largest absolute Gasteiger partial charge is 0.336 e. The fourth-order valence-electron chi connectivity index (χ4n) is 3.97. The van der Waals surface area contributed by atoms with Crippen molar-refractivity contribution in [3.63, 3.8) is 0 Å². The molecule has 2 fully saturated rings. The lowest BCUT2D eigenvalue weighted by Gasteiger charge is -2.42. The summed E-state index contributed by atoms with van der Waals surface area (Å²) in [6, 6.07) is 14.7. The summed E-state index contributed by atoms with van der Waals surface area (Å²) in [4.78, 5) is 15.3. The van der Waals surface area contributed by atoms with E-state index in [0.717, 1.165) is 36.0 Å². The van der Waals surface area contributed by atoms with Gasteiger partial charge in [0.2, 0.25) is 0 Å². The highest BCUT2D eigenvalue weighted by Crippen LogP contribution is 2.25. The Morgan fingerprint density at radius 3 is 2.64 bits per heavy atom. The number of fused-ring (bicyclic) bond motifs is 1. The highest BCUT2D eigenvalue weighted by atomic mass is 16.2. The maximum absolute atomic E-state index is 13.2. The number of rotatable bonds is 5. The van der Waals surface area contributed by atoms with E-state index in [4.69, 9.17) is 0 Å². The van der Waals surface area contributed by atoms with Crippen LogP contribution in [-0.4, -0.2) is 59.6 Å². The lowest BCUT2D eigenvalue weighted by atomic mass is 10.0. The van der Waals surface area contributed by atoms with Crippen molar-refractivity contribution >= 4 is 16.7 Å². The molecule has 0 bridgehead atoms. The van der Waals surface area contributed by atoms with Gasteiger partial charge in [-0.2, -0.15) is 0 Å². The second-order valence-electron chi connectivity index (χ2n) is 7.19. The van der Waals surface area contributed by atoms with E-state index < -0.39 is 0 Å². The molecule has 1 atom stereocenters. The summed E-state index contributed by atoms with van der Waals surface area (Å²) in [6.07, 6.45) is 3.61. The summed E-state index contributed by atoms with van der Waals surface area (Å²) in [5.41, 5.74) is 0.840. The van der Waals surface area contributed by atoms with Crippen LogP contribution in [0.15, 0.2) is 42.5 Å². The van der Waals surface area contributed by atoms with Crippen molar-refractivity contribution in [2.75, 3.05) is 32.7 Å². The summed E-state index contributed by atoms with van der Waals surface area (Å²) in [5, 5.41) is 7.15. The fraction of sp³-hybridized carbons (Fsp3) is 0.476. The molecule has 2 aliphatic heterocycles. The van der Waals surface area contributed by atoms with Crippen molar-refractivity contribution in [3.8, 4) is 0 Å². The summed E-state index contributed by atoms with van der Waals surface area (Å²) in [7, 11) is 0. The lowest BCUT2D eigenvalue weighted by molar-refractivity contribution is -0.0235. The van der Waals surface area contributed by atoms with Gasteiger partial charge < -0.3 is 4.90 Å². The van der Waals surface area contributed by atoms with E-state index in [0.29, 0.717) is 6.04 Å². The van der Waals surface area contributed by atoms with Crippen molar-refractivity contribution in [2.24, 2.45) is 0 Å².